The van der Waals surface area contributed by atoms with Crippen molar-refractivity contribution in [2.24, 2.45) is 4.99 Å². The van der Waals surface area contributed by atoms with E-state index < -0.39 is 0 Å². The van der Waals surface area contributed by atoms with Gasteiger partial charge in [-0.15, -0.1) is 0 Å². The number of rotatable bonds is 5. The third kappa shape index (κ3) is 4.16. The molecule has 0 atom stereocenters. The van der Waals surface area contributed by atoms with Crippen molar-refractivity contribution in [3.8, 4) is 5.82 Å². The second-order valence-corrected chi connectivity index (χ2v) is 5.07. The first kappa shape index (κ1) is 15.7. The van der Waals surface area contributed by atoms with Gasteiger partial charge in [0.2, 0.25) is 0 Å². The minimum atomic E-state index is 0.620. The Labute approximate surface area is 140 Å². The van der Waals surface area contributed by atoms with Crippen LogP contribution in [0.25, 0.3) is 5.82 Å². The van der Waals surface area contributed by atoms with Gasteiger partial charge in [0, 0.05) is 38.4 Å². The van der Waals surface area contributed by atoms with Crippen LogP contribution in [0.3, 0.4) is 0 Å². The van der Waals surface area contributed by atoms with Gasteiger partial charge in [0.1, 0.15) is 0 Å². The Kier molecular flexibility index (Phi) is 5.14. The number of aromatic nitrogens is 4. The zero-order valence-electron chi connectivity index (χ0n) is 13.4. The summed E-state index contributed by atoms with van der Waals surface area (Å²) in [6.45, 7) is 1.26. The second kappa shape index (κ2) is 7.87. The van der Waals surface area contributed by atoms with E-state index in [0.717, 1.165) is 23.0 Å². The molecule has 24 heavy (non-hydrogen) atoms. The second-order valence-electron chi connectivity index (χ2n) is 5.07. The normalized spacial score (nSPS) is 11.3. The molecule has 3 aromatic heterocycles. The molecule has 7 nitrogen and oxygen atoms in total. The number of nitrogens with zero attached hydrogens (tertiary/aromatic N) is 5. The maximum absolute atomic E-state index is 4.32. The van der Waals surface area contributed by atoms with Gasteiger partial charge in [-0.25, -0.2) is 9.67 Å². The highest BCUT2D eigenvalue weighted by Crippen LogP contribution is 2.05. The van der Waals surface area contributed by atoms with E-state index in [9.17, 15) is 0 Å². The first-order valence-electron chi connectivity index (χ1n) is 7.64. The lowest BCUT2D eigenvalue weighted by atomic mass is 10.2. The van der Waals surface area contributed by atoms with Crippen molar-refractivity contribution in [1.82, 2.24) is 30.4 Å². The van der Waals surface area contributed by atoms with Crippen molar-refractivity contribution in [2.75, 3.05) is 7.05 Å². The van der Waals surface area contributed by atoms with Gasteiger partial charge in [0.05, 0.1) is 12.2 Å². The fourth-order valence-corrected chi connectivity index (χ4v) is 2.18. The third-order valence-corrected chi connectivity index (χ3v) is 3.40. The van der Waals surface area contributed by atoms with E-state index in [1.54, 1.807) is 30.3 Å². The van der Waals surface area contributed by atoms with Crippen LogP contribution in [0.15, 0.2) is 66.2 Å². The Morgan fingerprint density at radius 3 is 2.71 bits per heavy atom. The molecule has 0 saturated heterocycles. The highest BCUT2D eigenvalue weighted by molar-refractivity contribution is 5.79. The maximum atomic E-state index is 4.32. The van der Waals surface area contributed by atoms with Crippen molar-refractivity contribution in [3.05, 3.63) is 72.4 Å². The Bertz CT molecular complexity index is 782. The minimum absolute atomic E-state index is 0.620. The van der Waals surface area contributed by atoms with E-state index in [2.05, 4.69) is 30.7 Å². The first-order valence-corrected chi connectivity index (χ1v) is 7.64. The zero-order valence-corrected chi connectivity index (χ0v) is 13.4. The van der Waals surface area contributed by atoms with Crippen LogP contribution in [-0.2, 0) is 13.1 Å². The first-order chi connectivity index (χ1) is 11.8. The molecule has 0 bridgehead atoms. The molecule has 0 aromatic carbocycles. The molecule has 7 heteroatoms. The van der Waals surface area contributed by atoms with Crippen LogP contribution in [0.4, 0.5) is 0 Å². The van der Waals surface area contributed by atoms with Crippen LogP contribution in [0.1, 0.15) is 11.3 Å². The number of aliphatic imine (C=N–C) groups is 1. The standard InChI is InChI=1S/C17H19N7/c1-18-17(22-13-15-5-2-3-7-19-15)21-12-14-6-9-20-16(11-14)24-10-4-8-23-24/h2-11H,12-13H2,1H3,(H2,18,21,22). The number of guanidine groups is 1. The Balaban J connectivity index is 1.57. The van der Waals surface area contributed by atoms with Crippen LogP contribution in [-0.4, -0.2) is 32.8 Å². The predicted octanol–water partition coefficient (Wildman–Crippen LogP) is 1.53. The molecular formula is C17H19N7. The molecule has 122 valence electrons. The molecule has 0 saturated carbocycles. The topological polar surface area (TPSA) is 80.0 Å². The van der Waals surface area contributed by atoms with Gasteiger partial charge in [0.25, 0.3) is 0 Å². The summed E-state index contributed by atoms with van der Waals surface area (Å²) in [7, 11) is 1.75. The van der Waals surface area contributed by atoms with Crippen LogP contribution < -0.4 is 10.6 Å². The summed E-state index contributed by atoms with van der Waals surface area (Å²) < 4.78 is 1.73. The average Bonchev–Trinajstić information content (AvgIpc) is 3.18. The summed E-state index contributed by atoms with van der Waals surface area (Å²) in [6, 6.07) is 11.7. The summed E-state index contributed by atoms with van der Waals surface area (Å²) in [5.74, 6) is 1.51. The van der Waals surface area contributed by atoms with Gasteiger partial charge >= 0.3 is 0 Å². The lowest BCUT2D eigenvalue weighted by Gasteiger charge is -2.12. The molecule has 0 spiro atoms. The van der Waals surface area contributed by atoms with Crippen molar-refractivity contribution < 1.29 is 0 Å². The third-order valence-electron chi connectivity index (χ3n) is 3.40. The van der Waals surface area contributed by atoms with E-state index in [1.807, 2.05) is 42.6 Å². The molecule has 0 aliphatic carbocycles. The molecule has 2 N–H and O–H groups in total. The van der Waals surface area contributed by atoms with Gasteiger partial charge < -0.3 is 10.6 Å². The minimum Gasteiger partial charge on any atom is -0.352 e. The molecule has 0 aliphatic heterocycles. The predicted molar refractivity (Wildman–Crippen MR) is 92.6 cm³/mol. The lowest BCUT2D eigenvalue weighted by molar-refractivity contribution is 0.789. The van der Waals surface area contributed by atoms with E-state index in [1.165, 1.54) is 0 Å². The monoisotopic (exact) mass is 321 g/mol. The van der Waals surface area contributed by atoms with Crippen LogP contribution >= 0.6 is 0 Å². The van der Waals surface area contributed by atoms with Crippen LogP contribution in [0.5, 0.6) is 0 Å². The van der Waals surface area contributed by atoms with Crippen molar-refractivity contribution in [2.45, 2.75) is 13.1 Å². The maximum Gasteiger partial charge on any atom is 0.191 e. The molecule has 0 radical (unpaired) electrons. The highest BCUT2D eigenvalue weighted by Gasteiger charge is 2.02. The Morgan fingerprint density at radius 2 is 1.96 bits per heavy atom. The number of hydrogen-bond donors (Lipinski definition) is 2. The number of nitrogens with one attached hydrogen (secondary N) is 2. The van der Waals surface area contributed by atoms with E-state index in [0.29, 0.717) is 13.1 Å². The summed E-state index contributed by atoms with van der Waals surface area (Å²) in [4.78, 5) is 12.8. The molecule has 3 rings (SSSR count). The van der Waals surface area contributed by atoms with Crippen molar-refractivity contribution in [1.29, 1.82) is 0 Å². The van der Waals surface area contributed by atoms with E-state index >= 15 is 0 Å². The lowest BCUT2D eigenvalue weighted by Crippen LogP contribution is -2.36. The smallest absolute Gasteiger partial charge is 0.191 e. The fraction of sp³-hybridized carbons (Fsp3) is 0.176. The Morgan fingerprint density at radius 1 is 1.04 bits per heavy atom. The fourth-order valence-electron chi connectivity index (χ4n) is 2.18. The molecule has 3 heterocycles. The summed E-state index contributed by atoms with van der Waals surface area (Å²) in [5.41, 5.74) is 2.06. The SMILES string of the molecule is CN=C(NCc1ccnc(-n2cccn2)c1)NCc1ccccn1. The molecule has 0 amide bonds. The van der Waals surface area contributed by atoms with Gasteiger partial charge in [-0.1, -0.05) is 6.07 Å². The van der Waals surface area contributed by atoms with E-state index in [4.69, 9.17) is 0 Å². The molecule has 0 unspecified atom stereocenters. The van der Waals surface area contributed by atoms with Gasteiger partial charge in [0.15, 0.2) is 11.8 Å². The average molecular weight is 321 g/mol. The quantitative estimate of drug-likeness (QED) is 0.550. The zero-order chi connectivity index (χ0) is 16.6. The number of hydrogen-bond acceptors (Lipinski definition) is 4. The summed E-state index contributed by atoms with van der Waals surface area (Å²) in [6.07, 6.45) is 7.15. The van der Waals surface area contributed by atoms with Gasteiger partial charge in [-0.3, -0.25) is 9.98 Å². The molecule has 0 fully saturated rings. The van der Waals surface area contributed by atoms with Gasteiger partial charge in [-0.2, -0.15) is 5.10 Å². The van der Waals surface area contributed by atoms with E-state index in [-0.39, 0.29) is 0 Å². The van der Waals surface area contributed by atoms with Gasteiger partial charge in [-0.05, 0) is 35.9 Å². The van der Waals surface area contributed by atoms with Crippen molar-refractivity contribution >= 4 is 5.96 Å². The Hall–Kier alpha value is -3.22. The highest BCUT2D eigenvalue weighted by atomic mass is 15.3. The van der Waals surface area contributed by atoms with Crippen molar-refractivity contribution in [3.63, 3.8) is 0 Å². The largest absolute Gasteiger partial charge is 0.352 e. The summed E-state index contributed by atoms with van der Waals surface area (Å²) >= 11 is 0. The van der Waals surface area contributed by atoms with Crippen LogP contribution in [0.2, 0.25) is 0 Å². The molecule has 0 aliphatic rings. The number of pyridine rings is 2. The molecular weight excluding hydrogens is 302 g/mol. The van der Waals surface area contributed by atoms with Crippen LogP contribution in [0, 0.1) is 0 Å². The molecule has 3 aromatic rings. The summed E-state index contributed by atoms with van der Waals surface area (Å²) in [5, 5.41) is 10.7.